The van der Waals surface area contributed by atoms with Gasteiger partial charge in [-0.25, -0.2) is 9.59 Å². The van der Waals surface area contributed by atoms with Crippen molar-refractivity contribution in [2.75, 3.05) is 20.3 Å². The van der Waals surface area contributed by atoms with Crippen molar-refractivity contribution in [3.63, 3.8) is 0 Å². The third kappa shape index (κ3) is 6.31. The highest BCUT2D eigenvalue weighted by Crippen LogP contribution is 2.25. The summed E-state index contributed by atoms with van der Waals surface area (Å²) >= 11 is 0. The molecule has 3 N–H and O–H groups in total. The maximum Gasteiger partial charge on any atom is 0.407 e. The van der Waals surface area contributed by atoms with E-state index in [1.54, 1.807) is 14.0 Å². The van der Waals surface area contributed by atoms with Crippen LogP contribution in [0.25, 0.3) is 0 Å². The van der Waals surface area contributed by atoms with E-state index in [9.17, 15) is 9.59 Å². The van der Waals surface area contributed by atoms with Crippen LogP contribution in [0.15, 0.2) is 36.0 Å². The number of carbonyl (C=O) groups excluding carboxylic acids is 2. The number of benzene rings is 1. The molecule has 7 nitrogen and oxygen atoms in total. The molecule has 1 heterocycles. The molecule has 1 aromatic carbocycles. The molecule has 1 aliphatic heterocycles. The summed E-state index contributed by atoms with van der Waals surface area (Å²) in [5.41, 5.74) is 1.97. The minimum absolute atomic E-state index is 0.0496. The van der Waals surface area contributed by atoms with Crippen molar-refractivity contribution in [2.24, 2.45) is 0 Å². The zero-order chi connectivity index (χ0) is 18.8. The number of methoxy groups -OCH3 is 1. The van der Waals surface area contributed by atoms with Gasteiger partial charge in [-0.1, -0.05) is 18.2 Å². The number of amides is 3. The van der Waals surface area contributed by atoms with Crippen LogP contribution in [-0.2, 0) is 4.74 Å². The van der Waals surface area contributed by atoms with Crippen LogP contribution >= 0.6 is 0 Å². The van der Waals surface area contributed by atoms with Gasteiger partial charge in [-0.05, 0) is 43.9 Å². The number of rotatable bonds is 8. The lowest BCUT2D eigenvalue weighted by molar-refractivity contribution is 0.152. The lowest BCUT2D eigenvalue weighted by atomic mass is 9.99. The van der Waals surface area contributed by atoms with Gasteiger partial charge in [0.1, 0.15) is 5.75 Å². The van der Waals surface area contributed by atoms with Gasteiger partial charge in [-0.2, -0.15) is 0 Å². The quantitative estimate of drug-likeness (QED) is 0.620. The van der Waals surface area contributed by atoms with E-state index in [0.29, 0.717) is 13.2 Å². The first-order chi connectivity index (χ1) is 12.6. The summed E-state index contributed by atoms with van der Waals surface area (Å²) in [4.78, 5) is 23.1. The summed E-state index contributed by atoms with van der Waals surface area (Å²) in [5.74, 6) is 0.793. The van der Waals surface area contributed by atoms with Crippen molar-refractivity contribution in [3.8, 4) is 5.75 Å². The zero-order valence-electron chi connectivity index (χ0n) is 15.3. The van der Waals surface area contributed by atoms with E-state index in [0.717, 1.165) is 42.7 Å². The van der Waals surface area contributed by atoms with Gasteiger partial charge in [-0.15, -0.1) is 0 Å². The van der Waals surface area contributed by atoms with Gasteiger partial charge in [0.05, 0.1) is 19.8 Å². The third-order valence-electron chi connectivity index (χ3n) is 4.09. The van der Waals surface area contributed by atoms with Crippen molar-refractivity contribution in [1.82, 2.24) is 16.0 Å². The van der Waals surface area contributed by atoms with Gasteiger partial charge >= 0.3 is 12.1 Å². The molecule has 142 valence electrons. The fourth-order valence-electron chi connectivity index (χ4n) is 2.75. The van der Waals surface area contributed by atoms with Crippen LogP contribution in [-0.4, -0.2) is 32.4 Å². The predicted molar refractivity (Wildman–Crippen MR) is 99.0 cm³/mol. The highest BCUT2D eigenvalue weighted by Gasteiger charge is 2.22. The summed E-state index contributed by atoms with van der Waals surface area (Å²) < 4.78 is 9.97. The molecule has 0 saturated carbocycles. The van der Waals surface area contributed by atoms with E-state index in [1.165, 1.54) is 0 Å². The minimum atomic E-state index is -0.376. The highest BCUT2D eigenvalue weighted by atomic mass is 16.5. The number of urea groups is 1. The topological polar surface area (TPSA) is 88.7 Å². The van der Waals surface area contributed by atoms with Gasteiger partial charge < -0.3 is 25.4 Å². The first-order valence-electron chi connectivity index (χ1n) is 8.93. The maximum absolute atomic E-state index is 11.9. The number of alkyl carbamates (subject to hydrolysis) is 1. The Labute approximate surface area is 154 Å². The fraction of sp³-hybridized carbons (Fsp3) is 0.474. The van der Waals surface area contributed by atoms with Crippen molar-refractivity contribution in [2.45, 2.75) is 38.6 Å². The predicted octanol–water partition coefficient (Wildman–Crippen LogP) is 3.24. The molecule has 1 aromatic rings. The summed E-state index contributed by atoms with van der Waals surface area (Å²) in [6.07, 6.45) is 5.02. The van der Waals surface area contributed by atoms with E-state index in [4.69, 9.17) is 9.47 Å². The molecule has 1 aliphatic rings. The SMILES string of the molecule is CCOC(=O)NCCCC/C=C1\C[C@H](c2ccc(OC)cc2)NC(=O)N1. The van der Waals surface area contributed by atoms with Gasteiger partial charge in [0, 0.05) is 18.7 Å². The second-order valence-electron chi connectivity index (χ2n) is 6.00. The molecule has 0 aromatic heterocycles. The zero-order valence-corrected chi connectivity index (χ0v) is 15.3. The van der Waals surface area contributed by atoms with E-state index < -0.39 is 0 Å². The lowest BCUT2D eigenvalue weighted by Crippen LogP contribution is -2.43. The molecule has 7 heteroatoms. The highest BCUT2D eigenvalue weighted by molar-refractivity contribution is 5.77. The van der Waals surface area contributed by atoms with Crippen molar-refractivity contribution in [3.05, 3.63) is 41.6 Å². The normalized spacial score (nSPS) is 18.0. The summed E-state index contributed by atoms with van der Waals surface area (Å²) in [7, 11) is 1.63. The standard InChI is InChI=1S/C19H27N3O4/c1-3-26-19(24)20-12-6-4-5-7-15-13-17(22-18(23)21-15)14-8-10-16(25-2)11-9-14/h7-11,17H,3-6,12-13H2,1-2H3,(H,20,24)(H2,21,22,23)/b15-7+/t17-/m1/s1. The average Bonchev–Trinajstić information content (AvgIpc) is 2.64. The second-order valence-corrected chi connectivity index (χ2v) is 6.00. The molecular weight excluding hydrogens is 334 g/mol. The summed E-state index contributed by atoms with van der Waals surface area (Å²) in [5, 5.41) is 8.50. The number of ether oxygens (including phenoxy) is 2. The minimum Gasteiger partial charge on any atom is -0.497 e. The largest absolute Gasteiger partial charge is 0.497 e. The third-order valence-corrected chi connectivity index (χ3v) is 4.09. The first kappa shape index (κ1) is 19.6. The van der Waals surface area contributed by atoms with Crippen molar-refractivity contribution >= 4 is 12.1 Å². The number of allylic oxidation sites excluding steroid dienone is 1. The van der Waals surface area contributed by atoms with E-state index in [1.807, 2.05) is 24.3 Å². The molecular formula is C19H27N3O4. The molecule has 26 heavy (non-hydrogen) atoms. The van der Waals surface area contributed by atoms with Crippen LogP contribution in [0.5, 0.6) is 5.75 Å². The maximum atomic E-state index is 11.9. The Morgan fingerprint density at radius 2 is 2.08 bits per heavy atom. The Bertz CT molecular complexity index is 628. The first-order valence-corrected chi connectivity index (χ1v) is 8.93. The van der Waals surface area contributed by atoms with Crippen LogP contribution in [0, 0.1) is 0 Å². The van der Waals surface area contributed by atoms with E-state index in [-0.39, 0.29) is 18.2 Å². The molecule has 0 aliphatic carbocycles. The molecule has 3 amide bonds. The summed E-state index contributed by atoms with van der Waals surface area (Å²) in [6.45, 7) is 2.74. The average molecular weight is 361 g/mol. The molecule has 0 bridgehead atoms. The van der Waals surface area contributed by atoms with Crippen LogP contribution in [0.3, 0.4) is 0 Å². The number of carbonyl (C=O) groups is 2. The Kier molecular flexibility index (Phi) is 7.79. The number of hydrogen-bond donors (Lipinski definition) is 3. The van der Waals surface area contributed by atoms with Crippen LogP contribution < -0.4 is 20.7 Å². The fourth-order valence-corrected chi connectivity index (χ4v) is 2.75. The van der Waals surface area contributed by atoms with Gasteiger partial charge in [0.2, 0.25) is 0 Å². The van der Waals surface area contributed by atoms with Crippen LogP contribution in [0.2, 0.25) is 0 Å². The smallest absolute Gasteiger partial charge is 0.407 e. The lowest BCUT2D eigenvalue weighted by Gasteiger charge is -2.27. The van der Waals surface area contributed by atoms with Crippen molar-refractivity contribution < 1.29 is 19.1 Å². The van der Waals surface area contributed by atoms with Gasteiger partial charge in [0.25, 0.3) is 0 Å². The molecule has 0 spiro atoms. The number of nitrogens with one attached hydrogen (secondary N) is 3. The van der Waals surface area contributed by atoms with Crippen LogP contribution in [0.4, 0.5) is 9.59 Å². The molecule has 1 fully saturated rings. The second kappa shape index (κ2) is 10.3. The Morgan fingerprint density at radius 3 is 2.77 bits per heavy atom. The van der Waals surface area contributed by atoms with E-state index in [2.05, 4.69) is 22.0 Å². The number of unbranched alkanes of at least 4 members (excludes halogenated alkanes) is 2. The monoisotopic (exact) mass is 361 g/mol. The summed E-state index contributed by atoms with van der Waals surface area (Å²) in [6, 6.07) is 7.48. The molecule has 2 rings (SSSR count). The molecule has 1 atom stereocenters. The van der Waals surface area contributed by atoms with Crippen LogP contribution in [0.1, 0.15) is 44.2 Å². The van der Waals surface area contributed by atoms with E-state index >= 15 is 0 Å². The van der Waals surface area contributed by atoms with Gasteiger partial charge in [-0.3, -0.25) is 0 Å². The Balaban J connectivity index is 1.78. The molecule has 0 radical (unpaired) electrons. The molecule has 1 saturated heterocycles. The Morgan fingerprint density at radius 1 is 1.31 bits per heavy atom. The van der Waals surface area contributed by atoms with Gasteiger partial charge in [0.15, 0.2) is 0 Å². The van der Waals surface area contributed by atoms with Crippen molar-refractivity contribution in [1.29, 1.82) is 0 Å². The Hall–Kier alpha value is -2.70. The number of hydrogen-bond acceptors (Lipinski definition) is 4. The molecule has 0 unspecified atom stereocenters.